The number of hydrogen-bond acceptors (Lipinski definition) is 6. The molecule has 0 unspecified atom stereocenters. The predicted octanol–water partition coefficient (Wildman–Crippen LogP) is 5.36. The van der Waals surface area contributed by atoms with Crippen LogP contribution < -0.4 is 5.56 Å². The molecule has 0 spiro atoms. The van der Waals surface area contributed by atoms with Crippen molar-refractivity contribution in [2.45, 2.75) is 37.2 Å². The quantitative estimate of drug-likeness (QED) is 0.377. The van der Waals surface area contributed by atoms with Gasteiger partial charge in [0.1, 0.15) is 11.4 Å². The first-order valence-electron chi connectivity index (χ1n) is 10.1. The number of nitrogens with zero attached hydrogens (tertiary/aromatic N) is 4. The molecule has 5 aromatic rings. The second-order valence-corrected chi connectivity index (χ2v) is 8.95. The molecule has 3 aromatic heterocycles. The van der Waals surface area contributed by atoms with E-state index in [1.807, 2.05) is 55.5 Å². The Morgan fingerprint density at radius 2 is 1.81 bits per heavy atom. The van der Waals surface area contributed by atoms with Crippen LogP contribution in [0.1, 0.15) is 37.9 Å². The van der Waals surface area contributed by atoms with Crippen LogP contribution in [-0.2, 0) is 0 Å². The van der Waals surface area contributed by atoms with Gasteiger partial charge in [-0.25, -0.2) is 4.98 Å². The third-order valence-corrected chi connectivity index (χ3v) is 6.19. The van der Waals surface area contributed by atoms with E-state index in [0.29, 0.717) is 28.3 Å². The predicted molar refractivity (Wildman–Crippen MR) is 122 cm³/mol. The van der Waals surface area contributed by atoms with E-state index in [1.165, 1.54) is 11.8 Å². The van der Waals surface area contributed by atoms with Gasteiger partial charge in [-0.1, -0.05) is 42.1 Å². The van der Waals surface area contributed by atoms with Crippen molar-refractivity contribution in [2.24, 2.45) is 0 Å². The highest BCUT2D eigenvalue weighted by molar-refractivity contribution is 7.99. The lowest BCUT2D eigenvalue weighted by molar-refractivity contribution is 0.539. The molecule has 0 fully saturated rings. The number of benzene rings is 2. The highest BCUT2D eigenvalue weighted by Crippen LogP contribution is 2.36. The van der Waals surface area contributed by atoms with Crippen LogP contribution in [-0.4, -0.2) is 24.7 Å². The third-order valence-electron chi connectivity index (χ3n) is 5.13. The van der Waals surface area contributed by atoms with E-state index in [0.717, 1.165) is 16.1 Å². The van der Waals surface area contributed by atoms with Crippen molar-refractivity contribution in [1.29, 1.82) is 0 Å². The van der Waals surface area contributed by atoms with Crippen LogP contribution in [0.25, 0.3) is 33.5 Å². The molecule has 5 rings (SSSR count). The summed E-state index contributed by atoms with van der Waals surface area (Å²) in [5, 5.41) is 11.1. The largest absolute Gasteiger partial charge is 0.453 e. The second kappa shape index (κ2) is 7.70. The number of furan rings is 1. The van der Waals surface area contributed by atoms with Crippen LogP contribution in [0.2, 0.25) is 0 Å². The van der Waals surface area contributed by atoms with Gasteiger partial charge < -0.3 is 9.40 Å². The number of para-hydroxylation sites is 2. The van der Waals surface area contributed by atoms with E-state index in [1.54, 1.807) is 6.07 Å². The zero-order valence-electron chi connectivity index (χ0n) is 17.4. The van der Waals surface area contributed by atoms with Crippen molar-refractivity contribution in [3.05, 3.63) is 70.8 Å². The van der Waals surface area contributed by atoms with E-state index in [2.05, 4.69) is 38.6 Å². The van der Waals surface area contributed by atoms with Crippen molar-refractivity contribution in [1.82, 2.24) is 24.7 Å². The maximum absolute atomic E-state index is 12.5. The topological polar surface area (TPSA) is 89.6 Å². The lowest BCUT2D eigenvalue weighted by Gasteiger charge is -2.15. The van der Waals surface area contributed by atoms with Gasteiger partial charge in [0.05, 0.1) is 16.2 Å². The van der Waals surface area contributed by atoms with E-state index >= 15 is 0 Å². The van der Waals surface area contributed by atoms with Gasteiger partial charge in [-0.05, 0) is 45.0 Å². The van der Waals surface area contributed by atoms with E-state index in [-0.39, 0.29) is 16.9 Å². The third kappa shape index (κ3) is 3.53. The molecule has 7 nitrogen and oxygen atoms in total. The van der Waals surface area contributed by atoms with Crippen molar-refractivity contribution >= 4 is 33.6 Å². The van der Waals surface area contributed by atoms with Gasteiger partial charge in [0.15, 0.2) is 10.9 Å². The Morgan fingerprint density at radius 3 is 2.61 bits per heavy atom. The molecule has 0 aliphatic carbocycles. The Kier molecular flexibility index (Phi) is 4.86. The number of fused-ring (bicyclic) bond motifs is 2. The summed E-state index contributed by atoms with van der Waals surface area (Å²) in [6.45, 7) is 6.17. The summed E-state index contributed by atoms with van der Waals surface area (Å²) in [5.74, 6) is 1.97. The summed E-state index contributed by atoms with van der Waals surface area (Å²) in [4.78, 5) is 20.0. The molecule has 0 saturated carbocycles. The molecular weight excluding hydrogens is 410 g/mol. The molecule has 0 aliphatic heterocycles. The first kappa shape index (κ1) is 19.6. The molecule has 1 atom stereocenters. The van der Waals surface area contributed by atoms with Gasteiger partial charge in [0.25, 0.3) is 5.56 Å². The standard InChI is InChI=1S/C23H21N5O2S/c1-13(2)28-21(19-12-15-8-4-7-11-18(15)30-19)26-27-23(28)31-14(3)20-24-17-10-6-5-9-16(17)22(29)25-20/h4-14H,1-3H3,(H,24,25,29)/t14-/m0/s1. The molecule has 0 radical (unpaired) electrons. The Bertz CT molecular complexity index is 1420. The number of aromatic nitrogens is 5. The maximum atomic E-state index is 12.5. The lowest BCUT2D eigenvalue weighted by Crippen LogP contribution is -2.13. The number of aromatic amines is 1. The molecule has 1 N–H and O–H groups in total. The minimum absolute atomic E-state index is 0.122. The number of H-pyrrole nitrogens is 1. The second-order valence-electron chi connectivity index (χ2n) is 7.65. The van der Waals surface area contributed by atoms with Crippen molar-refractivity contribution in [2.75, 3.05) is 0 Å². The van der Waals surface area contributed by atoms with Gasteiger partial charge in [-0.2, -0.15) is 0 Å². The molecule has 0 amide bonds. The molecule has 31 heavy (non-hydrogen) atoms. The van der Waals surface area contributed by atoms with Gasteiger partial charge in [0.2, 0.25) is 5.82 Å². The molecular formula is C23H21N5O2S. The van der Waals surface area contributed by atoms with Crippen LogP contribution in [0.4, 0.5) is 0 Å². The minimum Gasteiger partial charge on any atom is -0.453 e. The van der Waals surface area contributed by atoms with E-state index in [4.69, 9.17) is 4.42 Å². The normalized spacial score (nSPS) is 12.8. The average Bonchev–Trinajstić information content (AvgIpc) is 3.37. The van der Waals surface area contributed by atoms with Crippen molar-refractivity contribution in [3.63, 3.8) is 0 Å². The van der Waals surface area contributed by atoms with Crippen LogP contribution in [0.5, 0.6) is 0 Å². The van der Waals surface area contributed by atoms with Crippen LogP contribution in [0.15, 0.2) is 69.0 Å². The fraction of sp³-hybridized carbons (Fsp3) is 0.217. The molecule has 0 bridgehead atoms. The van der Waals surface area contributed by atoms with Gasteiger partial charge >= 0.3 is 0 Å². The number of thioether (sulfide) groups is 1. The fourth-order valence-corrected chi connectivity index (χ4v) is 4.63. The highest BCUT2D eigenvalue weighted by Gasteiger charge is 2.23. The molecule has 0 saturated heterocycles. The summed E-state index contributed by atoms with van der Waals surface area (Å²) >= 11 is 1.51. The fourth-order valence-electron chi connectivity index (χ4n) is 3.59. The molecule has 2 aromatic carbocycles. The van der Waals surface area contributed by atoms with Gasteiger partial charge in [0, 0.05) is 11.4 Å². The van der Waals surface area contributed by atoms with E-state index in [9.17, 15) is 4.79 Å². The number of hydrogen-bond donors (Lipinski definition) is 1. The van der Waals surface area contributed by atoms with Crippen molar-refractivity contribution in [3.8, 4) is 11.6 Å². The van der Waals surface area contributed by atoms with Crippen LogP contribution >= 0.6 is 11.8 Å². The van der Waals surface area contributed by atoms with Crippen LogP contribution in [0, 0.1) is 0 Å². The smallest absolute Gasteiger partial charge is 0.258 e. The SMILES string of the molecule is CC(C)n1c(S[C@@H](C)c2nc3ccccc3c(=O)[nH]2)nnc1-c1cc2ccccc2o1. The molecule has 8 heteroatoms. The minimum atomic E-state index is -0.138. The Labute approximate surface area is 182 Å². The van der Waals surface area contributed by atoms with E-state index < -0.39 is 0 Å². The molecule has 156 valence electrons. The van der Waals surface area contributed by atoms with Crippen molar-refractivity contribution < 1.29 is 4.42 Å². The summed E-state index contributed by atoms with van der Waals surface area (Å²) < 4.78 is 8.07. The zero-order valence-corrected chi connectivity index (χ0v) is 18.2. The number of nitrogens with one attached hydrogen (secondary N) is 1. The summed E-state index contributed by atoms with van der Waals surface area (Å²) in [7, 11) is 0. The first-order valence-corrected chi connectivity index (χ1v) is 11.0. The number of rotatable bonds is 5. The summed E-state index contributed by atoms with van der Waals surface area (Å²) in [5.41, 5.74) is 1.36. The van der Waals surface area contributed by atoms with Gasteiger partial charge in [-0.3, -0.25) is 9.36 Å². The Morgan fingerprint density at radius 1 is 1.03 bits per heavy atom. The average molecular weight is 432 g/mol. The summed E-state index contributed by atoms with van der Waals surface area (Å²) in [6.07, 6.45) is 0. The molecule has 3 heterocycles. The lowest BCUT2D eigenvalue weighted by atomic mass is 10.2. The first-order chi connectivity index (χ1) is 15.0. The Hall–Kier alpha value is -3.39. The Balaban J connectivity index is 1.51. The van der Waals surface area contributed by atoms with Crippen LogP contribution in [0.3, 0.4) is 0 Å². The monoisotopic (exact) mass is 431 g/mol. The zero-order chi connectivity index (χ0) is 21.5. The maximum Gasteiger partial charge on any atom is 0.258 e. The summed E-state index contributed by atoms with van der Waals surface area (Å²) in [6, 6.07) is 17.3. The highest BCUT2D eigenvalue weighted by atomic mass is 32.2. The van der Waals surface area contributed by atoms with Gasteiger partial charge in [-0.15, -0.1) is 10.2 Å². The molecule has 0 aliphatic rings.